The van der Waals surface area contributed by atoms with Crippen LogP contribution in [0.5, 0.6) is 5.75 Å². The zero-order chi connectivity index (χ0) is 22.4. The van der Waals surface area contributed by atoms with Crippen LogP contribution in [0.15, 0.2) is 54.7 Å². The molecule has 2 aromatic carbocycles. The standard InChI is InChI=1S/C20H18F3N5O3/c1-24-18(30)13-5-2-4-12(8-13)11-31-28-17-16(20(21,22)23)10-25-19(27-17)26-14-6-3-7-15(29)9-14/h2-10,29H,11H2,1H3,(H,24,30)(H2,25,26,27,28). The van der Waals surface area contributed by atoms with Gasteiger partial charge in [-0.05, 0) is 29.8 Å². The summed E-state index contributed by atoms with van der Waals surface area (Å²) >= 11 is 0. The smallest absolute Gasteiger partial charge is 0.421 e. The molecule has 8 nitrogen and oxygen atoms in total. The van der Waals surface area contributed by atoms with Gasteiger partial charge in [0.05, 0.1) is 6.61 Å². The van der Waals surface area contributed by atoms with E-state index in [2.05, 4.69) is 26.1 Å². The summed E-state index contributed by atoms with van der Waals surface area (Å²) in [4.78, 5) is 24.4. The summed E-state index contributed by atoms with van der Waals surface area (Å²) in [6, 6.07) is 12.4. The van der Waals surface area contributed by atoms with Crippen molar-refractivity contribution in [1.82, 2.24) is 15.3 Å². The third-order valence-corrected chi connectivity index (χ3v) is 4.02. The van der Waals surface area contributed by atoms with Gasteiger partial charge in [0.25, 0.3) is 5.91 Å². The average molecular weight is 433 g/mol. The molecule has 0 atom stereocenters. The lowest BCUT2D eigenvalue weighted by Crippen LogP contribution is -2.18. The lowest BCUT2D eigenvalue weighted by Gasteiger charge is -2.15. The quantitative estimate of drug-likeness (QED) is 0.419. The second-order valence-electron chi connectivity index (χ2n) is 6.30. The van der Waals surface area contributed by atoms with Gasteiger partial charge in [-0.25, -0.2) is 10.5 Å². The van der Waals surface area contributed by atoms with Crippen LogP contribution in [0.4, 0.5) is 30.6 Å². The number of anilines is 3. The highest BCUT2D eigenvalue weighted by Gasteiger charge is 2.35. The van der Waals surface area contributed by atoms with E-state index in [1.807, 2.05) is 0 Å². The Balaban J connectivity index is 1.76. The summed E-state index contributed by atoms with van der Waals surface area (Å²) in [5.74, 6) is -1.05. The highest BCUT2D eigenvalue weighted by Crippen LogP contribution is 2.34. The number of nitrogens with zero attached hydrogens (tertiary/aromatic N) is 2. The topological polar surface area (TPSA) is 108 Å². The molecule has 1 amide bonds. The number of hydrogen-bond acceptors (Lipinski definition) is 7. The number of phenols is 1. The van der Waals surface area contributed by atoms with Crippen molar-refractivity contribution in [2.45, 2.75) is 12.8 Å². The SMILES string of the molecule is CNC(=O)c1cccc(CONc2nc(Nc3cccc(O)c3)ncc2C(F)(F)F)c1. The molecule has 11 heteroatoms. The third kappa shape index (κ3) is 5.82. The summed E-state index contributed by atoms with van der Waals surface area (Å²) in [6.45, 7) is -0.124. The van der Waals surface area contributed by atoms with Crippen LogP contribution < -0.4 is 16.1 Å². The highest BCUT2D eigenvalue weighted by atomic mass is 19.4. The molecule has 0 aliphatic heterocycles. The third-order valence-electron chi connectivity index (χ3n) is 4.02. The van der Waals surface area contributed by atoms with Crippen LogP contribution in [0.2, 0.25) is 0 Å². The zero-order valence-electron chi connectivity index (χ0n) is 16.2. The molecule has 0 radical (unpaired) electrons. The molecule has 4 N–H and O–H groups in total. The Bertz CT molecular complexity index is 1080. The number of rotatable bonds is 7. The van der Waals surface area contributed by atoms with E-state index in [0.29, 0.717) is 23.0 Å². The van der Waals surface area contributed by atoms with E-state index in [1.54, 1.807) is 36.4 Å². The van der Waals surface area contributed by atoms with Gasteiger partial charge < -0.3 is 15.7 Å². The maximum absolute atomic E-state index is 13.3. The van der Waals surface area contributed by atoms with Crippen molar-refractivity contribution in [2.75, 3.05) is 17.8 Å². The van der Waals surface area contributed by atoms with Gasteiger partial charge in [-0.1, -0.05) is 18.2 Å². The van der Waals surface area contributed by atoms with Gasteiger partial charge in [0.2, 0.25) is 5.95 Å². The molecule has 1 aromatic heterocycles. The Labute approximate surface area is 175 Å². The summed E-state index contributed by atoms with van der Waals surface area (Å²) in [7, 11) is 1.49. The van der Waals surface area contributed by atoms with Crippen LogP contribution in [0.1, 0.15) is 21.5 Å². The van der Waals surface area contributed by atoms with Gasteiger partial charge in [-0.2, -0.15) is 18.2 Å². The second kappa shape index (κ2) is 9.30. The second-order valence-corrected chi connectivity index (χ2v) is 6.30. The molecule has 0 saturated carbocycles. The molecule has 0 fully saturated rings. The fraction of sp³-hybridized carbons (Fsp3) is 0.150. The molecular formula is C20H18F3N5O3. The summed E-state index contributed by atoms with van der Waals surface area (Å²) in [5, 5.41) is 14.7. The van der Waals surface area contributed by atoms with Crippen molar-refractivity contribution in [1.29, 1.82) is 0 Å². The molecule has 31 heavy (non-hydrogen) atoms. The van der Waals surface area contributed by atoms with E-state index in [-0.39, 0.29) is 24.2 Å². The summed E-state index contributed by atoms with van der Waals surface area (Å²) < 4.78 is 40.0. The number of alkyl halides is 3. The van der Waals surface area contributed by atoms with Crippen molar-refractivity contribution < 1.29 is 27.9 Å². The number of halogens is 3. The molecule has 3 aromatic rings. The molecule has 0 unspecified atom stereocenters. The van der Waals surface area contributed by atoms with Gasteiger partial charge in [0.15, 0.2) is 5.82 Å². The minimum atomic E-state index is -4.71. The number of phenolic OH excluding ortho intramolecular Hbond substituents is 1. The maximum atomic E-state index is 13.3. The van der Waals surface area contributed by atoms with Gasteiger partial charge in [-0.15, -0.1) is 0 Å². The monoisotopic (exact) mass is 433 g/mol. The Morgan fingerprint density at radius 3 is 2.65 bits per heavy atom. The summed E-state index contributed by atoms with van der Waals surface area (Å²) in [5.41, 5.74) is 2.43. The first kappa shape index (κ1) is 21.8. The van der Waals surface area contributed by atoms with E-state index >= 15 is 0 Å². The number of carbonyl (C=O) groups is 1. The van der Waals surface area contributed by atoms with Crippen molar-refractivity contribution in [3.8, 4) is 5.75 Å². The largest absolute Gasteiger partial charge is 0.508 e. The molecule has 0 saturated heterocycles. The maximum Gasteiger partial charge on any atom is 0.421 e. The van der Waals surface area contributed by atoms with E-state index in [1.165, 1.54) is 19.2 Å². The lowest BCUT2D eigenvalue weighted by molar-refractivity contribution is -0.137. The Kier molecular flexibility index (Phi) is 6.55. The average Bonchev–Trinajstić information content (AvgIpc) is 2.73. The predicted octanol–water partition coefficient (Wildman–Crippen LogP) is 3.85. The minimum Gasteiger partial charge on any atom is -0.508 e. The first-order chi connectivity index (χ1) is 14.8. The van der Waals surface area contributed by atoms with E-state index in [9.17, 15) is 23.1 Å². The number of carbonyl (C=O) groups excluding carboxylic acids is 1. The number of aromatic nitrogens is 2. The lowest BCUT2D eigenvalue weighted by atomic mass is 10.1. The number of benzene rings is 2. The van der Waals surface area contributed by atoms with Crippen LogP contribution in [0.3, 0.4) is 0 Å². The van der Waals surface area contributed by atoms with E-state index in [0.717, 1.165) is 0 Å². The molecule has 3 rings (SSSR count). The van der Waals surface area contributed by atoms with Gasteiger partial charge in [0, 0.05) is 30.6 Å². The van der Waals surface area contributed by atoms with Gasteiger partial charge in [-0.3, -0.25) is 9.63 Å². The molecule has 0 aliphatic carbocycles. The molecule has 1 heterocycles. The number of aromatic hydroxyl groups is 1. The minimum absolute atomic E-state index is 0.0300. The first-order valence-electron chi connectivity index (χ1n) is 8.95. The molecule has 0 aliphatic rings. The molecule has 0 bridgehead atoms. The fourth-order valence-corrected chi connectivity index (χ4v) is 2.57. The van der Waals surface area contributed by atoms with E-state index < -0.39 is 17.6 Å². The zero-order valence-corrected chi connectivity index (χ0v) is 16.2. The van der Waals surface area contributed by atoms with Crippen LogP contribution in [-0.4, -0.2) is 28.0 Å². The number of hydrogen-bond donors (Lipinski definition) is 4. The van der Waals surface area contributed by atoms with E-state index in [4.69, 9.17) is 4.84 Å². The van der Waals surface area contributed by atoms with Crippen molar-refractivity contribution in [3.63, 3.8) is 0 Å². The van der Waals surface area contributed by atoms with Crippen molar-refractivity contribution in [2.24, 2.45) is 0 Å². The molecular weight excluding hydrogens is 415 g/mol. The number of nitrogens with one attached hydrogen (secondary N) is 3. The normalized spacial score (nSPS) is 11.1. The van der Waals surface area contributed by atoms with Crippen LogP contribution in [-0.2, 0) is 17.6 Å². The van der Waals surface area contributed by atoms with Crippen molar-refractivity contribution in [3.05, 3.63) is 71.4 Å². The summed E-state index contributed by atoms with van der Waals surface area (Å²) in [6.07, 6.45) is -4.09. The van der Waals surface area contributed by atoms with Crippen LogP contribution in [0, 0.1) is 0 Å². The number of amides is 1. The highest BCUT2D eigenvalue weighted by molar-refractivity contribution is 5.94. The van der Waals surface area contributed by atoms with Gasteiger partial charge >= 0.3 is 6.18 Å². The Morgan fingerprint density at radius 1 is 1.16 bits per heavy atom. The first-order valence-corrected chi connectivity index (χ1v) is 8.95. The van der Waals surface area contributed by atoms with Crippen LogP contribution in [0.25, 0.3) is 0 Å². The molecule has 162 valence electrons. The predicted molar refractivity (Wildman–Crippen MR) is 107 cm³/mol. The Hall–Kier alpha value is -3.86. The van der Waals surface area contributed by atoms with Crippen LogP contribution >= 0.6 is 0 Å². The fourth-order valence-electron chi connectivity index (χ4n) is 2.57. The molecule has 0 spiro atoms. The van der Waals surface area contributed by atoms with Gasteiger partial charge in [0.1, 0.15) is 11.3 Å². The van der Waals surface area contributed by atoms with Crippen molar-refractivity contribution >= 4 is 23.4 Å². The Morgan fingerprint density at radius 2 is 1.94 bits per heavy atom.